The Bertz CT molecular complexity index is 477. The van der Waals surface area contributed by atoms with Crippen LogP contribution in [0.2, 0.25) is 0 Å². The molecule has 1 aromatic heterocycles. The smallest absolute Gasteiger partial charge is 0.156 e. The van der Waals surface area contributed by atoms with Gasteiger partial charge in [-0.05, 0) is 51.9 Å². The van der Waals surface area contributed by atoms with Crippen molar-refractivity contribution >= 4 is 21.7 Å². The summed E-state index contributed by atoms with van der Waals surface area (Å²) in [4.78, 5) is 15.8. The van der Waals surface area contributed by atoms with Crippen molar-refractivity contribution in [2.45, 2.75) is 33.1 Å². The lowest BCUT2D eigenvalue weighted by Crippen LogP contribution is -2.22. The van der Waals surface area contributed by atoms with Crippen LogP contribution in [0.1, 0.15) is 32.3 Å². The lowest BCUT2D eigenvalue weighted by molar-refractivity contribution is -0.117. The summed E-state index contributed by atoms with van der Waals surface area (Å²) in [7, 11) is 0. The molecule has 1 aliphatic rings. The molecule has 17 heavy (non-hydrogen) atoms. The number of halogens is 1. The molecule has 0 atom stereocenters. The SMILES string of the molecule is CC1(C)CC(=O)C=C(Cc2cncc(Br)c2)C1. The molecule has 2 rings (SSSR count). The van der Waals surface area contributed by atoms with Gasteiger partial charge in [0.2, 0.25) is 0 Å². The Hall–Kier alpha value is -0.960. The number of carbonyl (C=O) groups is 1. The molecular weight excluding hydrogens is 278 g/mol. The second kappa shape index (κ2) is 4.73. The number of rotatable bonds is 2. The van der Waals surface area contributed by atoms with Crippen molar-refractivity contribution in [1.29, 1.82) is 0 Å². The van der Waals surface area contributed by atoms with E-state index in [9.17, 15) is 4.79 Å². The fraction of sp³-hybridized carbons (Fsp3) is 0.429. The van der Waals surface area contributed by atoms with Gasteiger partial charge in [0.1, 0.15) is 0 Å². The van der Waals surface area contributed by atoms with Gasteiger partial charge in [-0.2, -0.15) is 0 Å². The van der Waals surface area contributed by atoms with Gasteiger partial charge in [0.05, 0.1) is 0 Å². The van der Waals surface area contributed by atoms with Crippen LogP contribution >= 0.6 is 15.9 Å². The highest BCUT2D eigenvalue weighted by atomic mass is 79.9. The molecule has 0 bridgehead atoms. The number of hydrogen-bond acceptors (Lipinski definition) is 2. The lowest BCUT2D eigenvalue weighted by Gasteiger charge is -2.28. The molecule has 0 fully saturated rings. The topological polar surface area (TPSA) is 30.0 Å². The van der Waals surface area contributed by atoms with E-state index >= 15 is 0 Å². The number of pyridine rings is 1. The molecule has 0 saturated heterocycles. The molecule has 0 aliphatic heterocycles. The van der Waals surface area contributed by atoms with Crippen LogP contribution in [-0.4, -0.2) is 10.8 Å². The number of allylic oxidation sites excluding steroid dienone is 2. The molecule has 0 saturated carbocycles. The summed E-state index contributed by atoms with van der Waals surface area (Å²) >= 11 is 3.41. The minimum Gasteiger partial charge on any atom is -0.295 e. The molecule has 1 heterocycles. The van der Waals surface area contributed by atoms with Crippen molar-refractivity contribution in [3.8, 4) is 0 Å². The Balaban J connectivity index is 2.16. The molecule has 0 amide bonds. The first-order valence-corrected chi connectivity index (χ1v) is 6.56. The minimum absolute atomic E-state index is 0.0978. The zero-order valence-corrected chi connectivity index (χ0v) is 11.8. The number of aromatic nitrogens is 1. The van der Waals surface area contributed by atoms with Gasteiger partial charge in [-0.3, -0.25) is 9.78 Å². The van der Waals surface area contributed by atoms with Gasteiger partial charge in [-0.1, -0.05) is 19.4 Å². The van der Waals surface area contributed by atoms with E-state index in [1.807, 2.05) is 12.3 Å². The van der Waals surface area contributed by atoms with Gasteiger partial charge in [-0.25, -0.2) is 0 Å². The molecule has 0 aromatic carbocycles. The van der Waals surface area contributed by atoms with Gasteiger partial charge in [-0.15, -0.1) is 0 Å². The van der Waals surface area contributed by atoms with E-state index in [2.05, 4.69) is 40.8 Å². The van der Waals surface area contributed by atoms with Crippen molar-refractivity contribution in [2.75, 3.05) is 0 Å². The van der Waals surface area contributed by atoms with Crippen LogP contribution in [0.25, 0.3) is 0 Å². The summed E-state index contributed by atoms with van der Waals surface area (Å²) < 4.78 is 0.983. The lowest BCUT2D eigenvalue weighted by atomic mass is 9.75. The van der Waals surface area contributed by atoms with Crippen molar-refractivity contribution in [1.82, 2.24) is 4.98 Å². The van der Waals surface area contributed by atoms with Gasteiger partial charge < -0.3 is 0 Å². The van der Waals surface area contributed by atoms with Crippen LogP contribution in [0.4, 0.5) is 0 Å². The summed E-state index contributed by atoms with van der Waals surface area (Å²) in [6, 6.07) is 2.06. The van der Waals surface area contributed by atoms with E-state index in [4.69, 9.17) is 0 Å². The Morgan fingerprint density at radius 1 is 1.35 bits per heavy atom. The first-order chi connectivity index (χ1) is 7.94. The molecular formula is C14H16BrNO. The van der Waals surface area contributed by atoms with E-state index in [0.29, 0.717) is 6.42 Å². The maximum atomic E-state index is 11.6. The molecule has 0 N–H and O–H groups in total. The molecule has 3 heteroatoms. The highest BCUT2D eigenvalue weighted by Crippen LogP contribution is 2.34. The second-order valence-corrected chi connectivity index (χ2v) is 6.39. The highest BCUT2D eigenvalue weighted by molar-refractivity contribution is 9.10. The zero-order valence-electron chi connectivity index (χ0n) is 10.2. The predicted octanol–water partition coefficient (Wildman–Crippen LogP) is 3.70. The van der Waals surface area contributed by atoms with Crippen molar-refractivity contribution < 1.29 is 4.79 Å². The van der Waals surface area contributed by atoms with Crippen LogP contribution in [0.15, 0.2) is 34.6 Å². The largest absolute Gasteiger partial charge is 0.295 e. The van der Waals surface area contributed by atoms with Crippen molar-refractivity contribution in [3.05, 3.63) is 40.1 Å². The fourth-order valence-electron chi connectivity index (χ4n) is 2.41. The monoisotopic (exact) mass is 293 g/mol. The molecule has 2 nitrogen and oxygen atoms in total. The van der Waals surface area contributed by atoms with Gasteiger partial charge >= 0.3 is 0 Å². The maximum Gasteiger partial charge on any atom is 0.156 e. The Morgan fingerprint density at radius 3 is 2.76 bits per heavy atom. The summed E-state index contributed by atoms with van der Waals surface area (Å²) in [5.74, 6) is 0.249. The minimum atomic E-state index is 0.0978. The third kappa shape index (κ3) is 3.50. The summed E-state index contributed by atoms with van der Waals surface area (Å²) in [6.45, 7) is 4.30. The average Bonchev–Trinajstić information content (AvgIpc) is 2.13. The van der Waals surface area contributed by atoms with Crippen molar-refractivity contribution in [2.24, 2.45) is 5.41 Å². The first kappa shape index (κ1) is 12.5. The number of hydrogen-bond donors (Lipinski definition) is 0. The van der Waals surface area contributed by atoms with E-state index in [1.54, 1.807) is 6.20 Å². The number of ketones is 1. The van der Waals surface area contributed by atoms with E-state index in [-0.39, 0.29) is 11.2 Å². The van der Waals surface area contributed by atoms with Crippen LogP contribution < -0.4 is 0 Å². The predicted molar refractivity (Wildman–Crippen MR) is 71.7 cm³/mol. The summed E-state index contributed by atoms with van der Waals surface area (Å²) in [5, 5.41) is 0. The van der Waals surface area contributed by atoms with Crippen LogP contribution in [0, 0.1) is 5.41 Å². The molecule has 1 aromatic rings. The highest BCUT2D eigenvalue weighted by Gasteiger charge is 2.27. The van der Waals surface area contributed by atoms with Crippen LogP contribution in [0.5, 0.6) is 0 Å². The standard InChI is InChI=1S/C14H16BrNO/c1-14(2)6-10(5-13(17)7-14)3-11-4-12(15)9-16-8-11/h4-5,8-9H,3,6-7H2,1-2H3. The van der Waals surface area contributed by atoms with Gasteiger partial charge in [0.25, 0.3) is 0 Å². The molecule has 0 spiro atoms. The van der Waals surface area contributed by atoms with Crippen LogP contribution in [-0.2, 0) is 11.2 Å². The average molecular weight is 294 g/mol. The normalized spacial score (nSPS) is 19.0. The fourth-order valence-corrected chi connectivity index (χ4v) is 2.82. The third-order valence-corrected chi connectivity index (χ3v) is 3.35. The van der Waals surface area contributed by atoms with E-state index in [0.717, 1.165) is 22.9 Å². The Kier molecular flexibility index (Phi) is 3.48. The number of nitrogens with zero attached hydrogens (tertiary/aromatic N) is 1. The van der Waals surface area contributed by atoms with Gasteiger partial charge in [0, 0.05) is 23.3 Å². The number of carbonyl (C=O) groups excluding carboxylic acids is 1. The third-order valence-electron chi connectivity index (χ3n) is 2.92. The van der Waals surface area contributed by atoms with E-state index in [1.165, 1.54) is 5.57 Å². The van der Waals surface area contributed by atoms with Gasteiger partial charge in [0.15, 0.2) is 5.78 Å². The molecule has 1 aliphatic carbocycles. The first-order valence-electron chi connectivity index (χ1n) is 5.76. The summed E-state index contributed by atoms with van der Waals surface area (Å²) in [5.41, 5.74) is 2.46. The zero-order chi connectivity index (χ0) is 12.5. The van der Waals surface area contributed by atoms with Crippen LogP contribution in [0.3, 0.4) is 0 Å². The molecule has 0 unspecified atom stereocenters. The van der Waals surface area contributed by atoms with E-state index < -0.39 is 0 Å². The second-order valence-electron chi connectivity index (χ2n) is 5.47. The summed E-state index contributed by atoms with van der Waals surface area (Å²) in [6.07, 6.45) is 7.91. The Morgan fingerprint density at radius 2 is 2.12 bits per heavy atom. The quantitative estimate of drug-likeness (QED) is 0.832. The maximum absolute atomic E-state index is 11.6. The molecule has 0 radical (unpaired) electrons. The van der Waals surface area contributed by atoms with Crippen molar-refractivity contribution in [3.63, 3.8) is 0 Å². The Labute approximate surface area is 110 Å². The molecule has 90 valence electrons.